The van der Waals surface area contributed by atoms with Crippen LogP contribution in [0.5, 0.6) is 0 Å². The second kappa shape index (κ2) is 3.79. The molecule has 0 saturated heterocycles. The molecule has 86 valence electrons. The molecule has 0 unspecified atom stereocenters. The molecule has 2 heterocycles. The van der Waals surface area contributed by atoms with Crippen LogP contribution in [0.1, 0.15) is 11.3 Å². The summed E-state index contributed by atoms with van der Waals surface area (Å²) < 4.78 is 11.1. The maximum atomic E-state index is 5.79. The van der Waals surface area contributed by atoms with Crippen molar-refractivity contribution in [3.63, 3.8) is 0 Å². The standard InChI is InChI=1S/C14H13NO2/c1-9-2-3-12-10(6-9)7-13(17-12)11-4-5-16-14(11)8-15/h2-7H,8,15H2,1H3. The first-order chi connectivity index (χ1) is 8.28. The molecule has 0 amide bonds. The Morgan fingerprint density at radius 3 is 2.88 bits per heavy atom. The number of hydrogen-bond acceptors (Lipinski definition) is 3. The van der Waals surface area contributed by atoms with Gasteiger partial charge in [-0.05, 0) is 31.2 Å². The molecule has 0 fully saturated rings. The Morgan fingerprint density at radius 1 is 1.18 bits per heavy atom. The molecule has 3 nitrogen and oxygen atoms in total. The van der Waals surface area contributed by atoms with E-state index >= 15 is 0 Å². The van der Waals surface area contributed by atoms with Gasteiger partial charge >= 0.3 is 0 Å². The molecule has 0 aliphatic rings. The van der Waals surface area contributed by atoms with Gasteiger partial charge in [0.1, 0.15) is 17.1 Å². The average molecular weight is 227 g/mol. The summed E-state index contributed by atoms with van der Waals surface area (Å²) >= 11 is 0. The predicted octanol–water partition coefficient (Wildman–Crippen LogP) is 3.46. The zero-order valence-electron chi connectivity index (χ0n) is 9.57. The van der Waals surface area contributed by atoms with Gasteiger partial charge in [0.2, 0.25) is 0 Å². The third-order valence-electron chi connectivity index (χ3n) is 2.87. The van der Waals surface area contributed by atoms with Crippen LogP contribution in [-0.4, -0.2) is 0 Å². The Bertz CT molecular complexity index is 664. The minimum Gasteiger partial charge on any atom is -0.467 e. The lowest BCUT2D eigenvalue weighted by Crippen LogP contribution is -1.95. The Balaban J connectivity index is 2.18. The molecule has 3 heteroatoms. The Hall–Kier alpha value is -2.00. The molecule has 3 rings (SSSR count). The lowest BCUT2D eigenvalue weighted by atomic mass is 10.1. The SMILES string of the molecule is Cc1ccc2oc(-c3ccoc3CN)cc2c1. The van der Waals surface area contributed by atoms with Gasteiger partial charge in [0.05, 0.1) is 18.4 Å². The number of hydrogen-bond donors (Lipinski definition) is 1. The fourth-order valence-corrected chi connectivity index (χ4v) is 2.01. The second-order valence-electron chi connectivity index (χ2n) is 4.11. The summed E-state index contributed by atoms with van der Waals surface area (Å²) in [5.74, 6) is 1.56. The van der Waals surface area contributed by atoms with Gasteiger partial charge in [-0.15, -0.1) is 0 Å². The molecule has 3 aromatic rings. The number of fused-ring (bicyclic) bond motifs is 1. The van der Waals surface area contributed by atoms with Crippen molar-refractivity contribution < 1.29 is 8.83 Å². The van der Waals surface area contributed by atoms with Crippen molar-refractivity contribution in [1.82, 2.24) is 0 Å². The molecule has 2 N–H and O–H groups in total. The van der Waals surface area contributed by atoms with Gasteiger partial charge in [0, 0.05) is 5.39 Å². The molecule has 0 aliphatic heterocycles. The maximum Gasteiger partial charge on any atom is 0.138 e. The van der Waals surface area contributed by atoms with E-state index < -0.39 is 0 Å². The van der Waals surface area contributed by atoms with E-state index in [-0.39, 0.29) is 0 Å². The molecule has 17 heavy (non-hydrogen) atoms. The van der Waals surface area contributed by atoms with E-state index in [9.17, 15) is 0 Å². The van der Waals surface area contributed by atoms with E-state index in [4.69, 9.17) is 14.6 Å². The fraction of sp³-hybridized carbons (Fsp3) is 0.143. The predicted molar refractivity (Wildman–Crippen MR) is 66.5 cm³/mol. The topological polar surface area (TPSA) is 52.3 Å². The van der Waals surface area contributed by atoms with E-state index in [1.54, 1.807) is 6.26 Å². The van der Waals surface area contributed by atoms with Crippen LogP contribution in [0.15, 0.2) is 45.4 Å². The van der Waals surface area contributed by atoms with Crippen LogP contribution in [0.25, 0.3) is 22.3 Å². The highest BCUT2D eigenvalue weighted by molar-refractivity contribution is 5.83. The molecule has 0 radical (unpaired) electrons. The van der Waals surface area contributed by atoms with Gasteiger partial charge in [-0.1, -0.05) is 11.6 Å². The number of benzene rings is 1. The van der Waals surface area contributed by atoms with Crippen LogP contribution < -0.4 is 5.73 Å². The first-order valence-corrected chi connectivity index (χ1v) is 5.55. The zero-order chi connectivity index (χ0) is 11.8. The van der Waals surface area contributed by atoms with Crippen molar-refractivity contribution >= 4 is 11.0 Å². The summed E-state index contributed by atoms with van der Waals surface area (Å²) in [4.78, 5) is 0. The van der Waals surface area contributed by atoms with Crippen molar-refractivity contribution in [2.75, 3.05) is 0 Å². The highest BCUT2D eigenvalue weighted by Crippen LogP contribution is 2.31. The largest absolute Gasteiger partial charge is 0.467 e. The third kappa shape index (κ3) is 1.65. The summed E-state index contributed by atoms with van der Waals surface area (Å²) in [6, 6.07) is 10.0. The first-order valence-electron chi connectivity index (χ1n) is 5.55. The first kappa shape index (κ1) is 10.2. The van der Waals surface area contributed by atoms with Crippen molar-refractivity contribution in [2.45, 2.75) is 13.5 Å². The van der Waals surface area contributed by atoms with Crippen molar-refractivity contribution in [1.29, 1.82) is 0 Å². The highest BCUT2D eigenvalue weighted by atomic mass is 16.3. The van der Waals surface area contributed by atoms with Crippen molar-refractivity contribution in [2.24, 2.45) is 5.73 Å². The lowest BCUT2D eigenvalue weighted by Gasteiger charge is -1.94. The number of nitrogens with two attached hydrogens (primary N) is 1. The van der Waals surface area contributed by atoms with E-state index in [1.165, 1.54) is 5.56 Å². The summed E-state index contributed by atoms with van der Waals surface area (Å²) in [5, 5.41) is 1.10. The number of furan rings is 2. The quantitative estimate of drug-likeness (QED) is 0.729. The van der Waals surface area contributed by atoms with E-state index in [2.05, 4.69) is 13.0 Å². The third-order valence-corrected chi connectivity index (χ3v) is 2.87. The second-order valence-corrected chi connectivity index (χ2v) is 4.11. The molecule has 1 aromatic carbocycles. The zero-order valence-corrected chi connectivity index (χ0v) is 9.57. The van der Waals surface area contributed by atoms with Gasteiger partial charge in [0.15, 0.2) is 0 Å². The van der Waals surface area contributed by atoms with Crippen LogP contribution in [-0.2, 0) is 6.54 Å². The maximum absolute atomic E-state index is 5.79. The Morgan fingerprint density at radius 2 is 2.06 bits per heavy atom. The lowest BCUT2D eigenvalue weighted by molar-refractivity contribution is 0.511. The normalized spacial score (nSPS) is 11.2. The smallest absolute Gasteiger partial charge is 0.138 e. The van der Waals surface area contributed by atoms with Gasteiger partial charge in [-0.2, -0.15) is 0 Å². The molecular weight excluding hydrogens is 214 g/mol. The van der Waals surface area contributed by atoms with Gasteiger partial charge in [-0.3, -0.25) is 0 Å². The molecule has 0 bridgehead atoms. The molecule has 0 spiro atoms. The molecule has 0 aliphatic carbocycles. The minimum absolute atomic E-state index is 0.373. The van der Waals surface area contributed by atoms with Gasteiger partial charge in [-0.25, -0.2) is 0 Å². The van der Waals surface area contributed by atoms with E-state index in [0.717, 1.165) is 28.1 Å². The summed E-state index contributed by atoms with van der Waals surface area (Å²) in [6.07, 6.45) is 1.63. The summed E-state index contributed by atoms with van der Waals surface area (Å²) in [7, 11) is 0. The summed E-state index contributed by atoms with van der Waals surface area (Å²) in [5.41, 5.74) is 8.65. The Kier molecular flexibility index (Phi) is 2.27. The highest BCUT2D eigenvalue weighted by Gasteiger charge is 2.12. The van der Waals surface area contributed by atoms with Crippen LogP contribution in [0.3, 0.4) is 0 Å². The number of aryl methyl sites for hydroxylation is 1. The van der Waals surface area contributed by atoms with E-state index in [1.807, 2.05) is 24.3 Å². The van der Waals surface area contributed by atoms with Crippen molar-refractivity contribution in [3.8, 4) is 11.3 Å². The van der Waals surface area contributed by atoms with Crippen LogP contribution in [0.2, 0.25) is 0 Å². The minimum atomic E-state index is 0.373. The van der Waals surface area contributed by atoms with Crippen LogP contribution >= 0.6 is 0 Å². The molecule has 2 aromatic heterocycles. The van der Waals surface area contributed by atoms with Crippen molar-refractivity contribution in [3.05, 3.63) is 47.9 Å². The van der Waals surface area contributed by atoms with Crippen LogP contribution in [0.4, 0.5) is 0 Å². The van der Waals surface area contributed by atoms with E-state index in [0.29, 0.717) is 6.54 Å². The van der Waals surface area contributed by atoms with Gasteiger partial charge < -0.3 is 14.6 Å². The molecular formula is C14H13NO2. The van der Waals surface area contributed by atoms with Gasteiger partial charge in [0.25, 0.3) is 0 Å². The Labute approximate surface area is 98.8 Å². The fourth-order valence-electron chi connectivity index (χ4n) is 2.01. The van der Waals surface area contributed by atoms with Crippen LogP contribution in [0, 0.1) is 6.92 Å². The summed E-state index contributed by atoms with van der Waals surface area (Å²) in [6.45, 7) is 2.44. The average Bonchev–Trinajstić information content (AvgIpc) is 2.93. The molecule has 0 atom stereocenters. The molecule has 0 saturated carbocycles. The number of rotatable bonds is 2. The monoisotopic (exact) mass is 227 g/mol.